The summed E-state index contributed by atoms with van der Waals surface area (Å²) in [5.74, 6) is -1.99. The van der Waals surface area contributed by atoms with E-state index in [0.717, 1.165) is 10.9 Å². The first kappa shape index (κ1) is 20.4. The number of fused-ring (bicyclic) bond motifs is 2. The Bertz CT molecular complexity index is 1460. The van der Waals surface area contributed by atoms with Gasteiger partial charge in [-0.05, 0) is 23.6 Å². The molecule has 162 valence electrons. The molecule has 33 heavy (non-hydrogen) atoms. The predicted molar refractivity (Wildman–Crippen MR) is 113 cm³/mol. The monoisotopic (exact) mass is 461 g/mol. The minimum atomic E-state index is -1.06. The molecule has 0 saturated carbocycles. The van der Waals surface area contributed by atoms with E-state index >= 15 is 0 Å². The van der Waals surface area contributed by atoms with Gasteiger partial charge in [0.1, 0.15) is 11.1 Å². The number of nitro benzene ring substituents is 1. The summed E-state index contributed by atoms with van der Waals surface area (Å²) in [5.41, 5.74) is -1.62. The van der Waals surface area contributed by atoms with Gasteiger partial charge >= 0.3 is 5.97 Å². The fourth-order valence-corrected chi connectivity index (χ4v) is 4.19. The third-order valence-corrected chi connectivity index (χ3v) is 5.86. The molecule has 0 N–H and O–H groups in total. The number of benzene rings is 2. The van der Waals surface area contributed by atoms with Gasteiger partial charge in [-0.25, -0.2) is 4.79 Å². The van der Waals surface area contributed by atoms with Crippen LogP contribution < -0.4 is 0 Å². The van der Waals surface area contributed by atoms with Crippen LogP contribution in [0.15, 0.2) is 58.4 Å². The van der Waals surface area contributed by atoms with Gasteiger partial charge in [-0.1, -0.05) is 35.5 Å². The summed E-state index contributed by atoms with van der Waals surface area (Å²) in [5, 5.41) is 17.4. The van der Waals surface area contributed by atoms with Crippen LogP contribution in [0, 0.1) is 10.1 Å². The van der Waals surface area contributed by atoms with E-state index in [4.69, 9.17) is 9.26 Å². The molecule has 5 rings (SSSR count). The maximum absolute atomic E-state index is 13.0. The first-order valence-corrected chi connectivity index (χ1v) is 10.4. The van der Waals surface area contributed by atoms with Gasteiger partial charge in [0, 0.05) is 16.7 Å². The van der Waals surface area contributed by atoms with Gasteiger partial charge in [-0.2, -0.15) is 4.98 Å². The summed E-state index contributed by atoms with van der Waals surface area (Å²) in [4.78, 5) is 54.4. The number of carbonyl (C=O) groups excluding carboxylic acids is 3. The average Bonchev–Trinajstić information content (AvgIpc) is 3.52. The zero-order valence-corrected chi connectivity index (χ0v) is 17.3. The molecule has 0 unspecified atom stereocenters. The number of ether oxygens (including phenoxy) is 1. The van der Waals surface area contributed by atoms with Crippen LogP contribution in [-0.2, 0) is 11.3 Å². The molecule has 4 aromatic rings. The number of carbonyl (C=O) groups is 3. The van der Waals surface area contributed by atoms with Gasteiger partial charge in [0.15, 0.2) is 12.4 Å². The van der Waals surface area contributed by atoms with Crippen molar-refractivity contribution in [2.75, 3.05) is 0 Å². The first-order chi connectivity index (χ1) is 16.0. The van der Waals surface area contributed by atoms with Crippen molar-refractivity contribution in [2.24, 2.45) is 0 Å². The van der Waals surface area contributed by atoms with E-state index in [1.165, 1.54) is 29.5 Å². The standard InChI is InChI=1S/C22H11N3O7S/c26-19-11-4-1-2-5-12(11)20(27)17-13(19)7-8-14(18(17)25(29)30)22(28)31-10-16-23-21(32-24-16)15-6-3-9-33-15/h1-9H,10H2. The summed E-state index contributed by atoms with van der Waals surface area (Å²) >= 11 is 1.39. The topological polar surface area (TPSA) is 142 Å². The van der Waals surface area contributed by atoms with Crippen LogP contribution >= 0.6 is 11.3 Å². The van der Waals surface area contributed by atoms with Crippen LogP contribution in [-0.4, -0.2) is 32.6 Å². The largest absolute Gasteiger partial charge is 0.454 e. The molecule has 0 aliphatic heterocycles. The SMILES string of the molecule is O=C1c2ccccc2C(=O)c2c1ccc(C(=O)OCc1noc(-c3cccs3)n1)c2[N+](=O)[O-]. The maximum Gasteiger partial charge on any atom is 0.345 e. The summed E-state index contributed by atoms with van der Waals surface area (Å²) in [7, 11) is 0. The Labute approximate surface area is 188 Å². The second-order valence-electron chi connectivity index (χ2n) is 6.91. The van der Waals surface area contributed by atoms with E-state index in [9.17, 15) is 24.5 Å². The number of hydrogen-bond acceptors (Lipinski definition) is 10. The number of esters is 1. The predicted octanol–water partition coefficient (Wildman–Crippen LogP) is 3.84. The second kappa shape index (κ2) is 7.88. The average molecular weight is 461 g/mol. The smallest absolute Gasteiger partial charge is 0.345 e. The number of ketones is 2. The number of nitrogens with zero attached hydrogens (tertiary/aromatic N) is 3. The molecule has 0 fully saturated rings. The Morgan fingerprint density at radius 3 is 2.48 bits per heavy atom. The van der Waals surface area contributed by atoms with E-state index in [1.807, 2.05) is 11.4 Å². The number of rotatable bonds is 5. The molecule has 0 bridgehead atoms. The lowest BCUT2D eigenvalue weighted by Crippen LogP contribution is -2.23. The van der Waals surface area contributed by atoms with Crippen molar-refractivity contribution in [3.63, 3.8) is 0 Å². The van der Waals surface area contributed by atoms with Crippen molar-refractivity contribution in [3.05, 3.63) is 97.7 Å². The Morgan fingerprint density at radius 2 is 1.79 bits per heavy atom. The molecule has 0 atom stereocenters. The Morgan fingerprint density at radius 1 is 1.03 bits per heavy atom. The molecular weight excluding hydrogens is 450 g/mol. The van der Waals surface area contributed by atoms with Crippen molar-refractivity contribution in [3.8, 4) is 10.8 Å². The Kier molecular flexibility index (Phi) is 4.87. The molecule has 0 spiro atoms. The summed E-state index contributed by atoms with van der Waals surface area (Å²) < 4.78 is 10.2. The van der Waals surface area contributed by atoms with Crippen molar-refractivity contribution < 1.29 is 28.6 Å². The quantitative estimate of drug-likeness (QED) is 0.217. The van der Waals surface area contributed by atoms with Crippen molar-refractivity contribution in [2.45, 2.75) is 6.61 Å². The van der Waals surface area contributed by atoms with Gasteiger partial charge in [-0.3, -0.25) is 19.7 Å². The van der Waals surface area contributed by atoms with Crippen LogP contribution in [0.1, 0.15) is 48.0 Å². The van der Waals surface area contributed by atoms with Crippen LogP contribution in [0.5, 0.6) is 0 Å². The lowest BCUT2D eigenvalue weighted by atomic mass is 9.82. The first-order valence-electron chi connectivity index (χ1n) is 9.49. The second-order valence-corrected chi connectivity index (χ2v) is 7.86. The van der Waals surface area contributed by atoms with E-state index < -0.39 is 45.9 Å². The van der Waals surface area contributed by atoms with E-state index in [0.29, 0.717) is 0 Å². The molecule has 0 saturated heterocycles. The molecule has 10 nitrogen and oxygen atoms in total. The minimum Gasteiger partial charge on any atom is -0.454 e. The molecule has 2 aromatic carbocycles. The third-order valence-electron chi connectivity index (χ3n) is 5.00. The molecule has 0 radical (unpaired) electrons. The highest BCUT2D eigenvalue weighted by molar-refractivity contribution is 7.13. The highest BCUT2D eigenvalue weighted by Crippen LogP contribution is 2.36. The Balaban J connectivity index is 1.46. The molecule has 2 heterocycles. The number of hydrogen-bond donors (Lipinski definition) is 0. The fraction of sp³-hybridized carbons (Fsp3) is 0.0455. The van der Waals surface area contributed by atoms with Crippen molar-refractivity contribution in [1.82, 2.24) is 10.1 Å². The van der Waals surface area contributed by atoms with E-state index in [2.05, 4.69) is 10.1 Å². The molecular formula is C22H11N3O7S. The van der Waals surface area contributed by atoms with Gasteiger partial charge in [-0.15, -0.1) is 11.3 Å². The van der Waals surface area contributed by atoms with E-state index in [-0.39, 0.29) is 28.4 Å². The van der Waals surface area contributed by atoms with Gasteiger partial charge in [0.2, 0.25) is 11.6 Å². The number of thiophene rings is 1. The summed E-state index contributed by atoms with van der Waals surface area (Å²) in [6.07, 6.45) is 0. The van der Waals surface area contributed by atoms with Gasteiger partial charge in [0.05, 0.1) is 9.80 Å². The van der Waals surface area contributed by atoms with E-state index in [1.54, 1.807) is 18.2 Å². The van der Waals surface area contributed by atoms with Crippen molar-refractivity contribution >= 4 is 34.6 Å². The molecule has 1 aliphatic rings. The highest BCUT2D eigenvalue weighted by atomic mass is 32.1. The highest BCUT2D eigenvalue weighted by Gasteiger charge is 2.39. The molecule has 11 heteroatoms. The molecule has 2 aromatic heterocycles. The van der Waals surface area contributed by atoms with Gasteiger partial charge < -0.3 is 9.26 Å². The lowest BCUT2D eigenvalue weighted by Gasteiger charge is -2.18. The maximum atomic E-state index is 13.0. The lowest BCUT2D eigenvalue weighted by molar-refractivity contribution is -0.385. The number of nitro groups is 1. The van der Waals surface area contributed by atoms with Crippen LogP contribution in [0.2, 0.25) is 0 Å². The van der Waals surface area contributed by atoms with Crippen LogP contribution in [0.3, 0.4) is 0 Å². The van der Waals surface area contributed by atoms with Crippen molar-refractivity contribution in [1.29, 1.82) is 0 Å². The number of aromatic nitrogens is 2. The Hall–Kier alpha value is -4.51. The minimum absolute atomic E-state index is 0.0384. The fourth-order valence-electron chi connectivity index (χ4n) is 3.54. The van der Waals surface area contributed by atoms with Crippen LogP contribution in [0.4, 0.5) is 5.69 Å². The zero-order chi connectivity index (χ0) is 23.1. The third kappa shape index (κ3) is 3.40. The zero-order valence-electron chi connectivity index (χ0n) is 16.5. The molecule has 0 amide bonds. The summed E-state index contributed by atoms with van der Waals surface area (Å²) in [6, 6.07) is 11.9. The van der Waals surface area contributed by atoms with Gasteiger partial charge in [0.25, 0.3) is 11.6 Å². The van der Waals surface area contributed by atoms with Crippen LogP contribution in [0.25, 0.3) is 10.8 Å². The summed E-state index contributed by atoms with van der Waals surface area (Å²) in [6.45, 7) is -0.405. The molecule has 1 aliphatic carbocycles. The normalized spacial score (nSPS) is 12.2.